The van der Waals surface area contributed by atoms with Gasteiger partial charge in [-0.3, -0.25) is 9.69 Å². The number of hydrogen-bond donors (Lipinski definition) is 0. The summed E-state index contributed by atoms with van der Waals surface area (Å²) >= 11 is 12.8. The quantitative estimate of drug-likeness (QED) is 0.259. The Kier molecular flexibility index (Phi) is 7.17. The summed E-state index contributed by atoms with van der Waals surface area (Å²) < 4.78 is 7.04. The molecule has 7 heteroatoms. The van der Waals surface area contributed by atoms with Gasteiger partial charge >= 0.3 is 5.97 Å². The first-order valence-corrected chi connectivity index (χ1v) is 12.4. The topological polar surface area (TPSA) is 51.5 Å². The molecule has 1 aromatic heterocycles. The number of ether oxygens (including phenoxy) is 1. The standard InChI is InChI=1S/C29H28Cl2N2O3/c1-16(2)20-10-12-22(13-11-20)33-19(5)26(29(35)36-6)23(28(33)34)15-21-14-17(3)32(18(21)4)25-9-7-8-24(30)27(25)31/h7-16H,1-6H3/b23-15-. The van der Waals surface area contributed by atoms with E-state index in [1.165, 1.54) is 12.7 Å². The molecule has 5 nitrogen and oxygen atoms in total. The molecule has 0 radical (unpaired) electrons. The first kappa shape index (κ1) is 25.8. The number of anilines is 1. The zero-order chi connectivity index (χ0) is 26.3. The summed E-state index contributed by atoms with van der Waals surface area (Å²) in [5, 5.41) is 0.900. The summed E-state index contributed by atoms with van der Waals surface area (Å²) in [6.07, 6.45) is 1.75. The average molecular weight is 523 g/mol. The van der Waals surface area contributed by atoms with Crippen molar-refractivity contribution in [2.24, 2.45) is 0 Å². The van der Waals surface area contributed by atoms with Gasteiger partial charge in [0.15, 0.2) is 0 Å². The molecule has 2 aromatic carbocycles. The van der Waals surface area contributed by atoms with E-state index in [2.05, 4.69) is 13.8 Å². The van der Waals surface area contributed by atoms with E-state index in [1.54, 1.807) is 24.0 Å². The summed E-state index contributed by atoms with van der Waals surface area (Å²) in [7, 11) is 1.32. The minimum atomic E-state index is -0.555. The van der Waals surface area contributed by atoms with Gasteiger partial charge in [-0.25, -0.2) is 4.79 Å². The third-order valence-electron chi connectivity index (χ3n) is 6.55. The van der Waals surface area contributed by atoms with Crippen LogP contribution in [0.5, 0.6) is 0 Å². The monoisotopic (exact) mass is 522 g/mol. The first-order chi connectivity index (χ1) is 17.1. The maximum atomic E-state index is 13.7. The number of nitrogens with zero attached hydrogens (tertiary/aromatic N) is 2. The van der Waals surface area contributed by atoms with E-state index in [0.29, 0.717) is 27.3 Å². The van der Waals surface area contributed by atoms with Crippen molar-refractivity contribution in [1.29, 1.82) is 0 Å². The minimum absolute atomic E-state index is 0.251. The Morgan fingerprint density at radius 2 is 1.69 bits per heavy atom. The van der Waals surface area contributed by atoms with E-state index in [4.69, 9.17) is 27.9 Å². The lowest BCUT2D eigenvalue weighted by atomic mass is 10.0. The molecule has 0 N–H and O–H groups in total. The third kappa shape index (κ3) is 4.38. The Morgan fingerprint density at radius 1 is 1.03 bits per heavy atom. The minimum Gasteiger partial charge on any atom is -0.465 e. The SMILES string of the molecule is COC(=O)C1=C(C)N(c2ccc(C(C)C)cc2)C(=O)/C1=C\c1cc(C)n(-c2cccc(Cl)c2Cl)c1C. The third-order valence-corrected chi connectivity index (χ3v) is 7.36. The van der Waals surface area contributed by atoms with Gasteiger partial charge in [-0.1, -0.05) is 55.2 Å². The first-order valence-electron chi connectivity index (χ1n) is 11.7. The van der Waals surface area contributed by atoms with Crippen LogP contribution in [0.15, 0.2) is 65.4 Å². The molecule has 0 saturated heterocycles. The molecule has 0 fully saturated rings. The van der Waals surface area contributed by atoms with Gasteiger partial charge in [0.2, 0.25) is 0 Å². The summed E-state index contributed by atoms with van der Waals surface area (Å²) in [6.45, 7) is 9.88. The van der Waals surface area contributed by atoms with Crippen molar-refractivity contribution in [3.63, 3.8) is 0 Å². The Balaban J connectivity index is 1.84. The Bertz CT molecular complexity index is 1430. The van der Waals surface area contributed by atoms with Crippen LogP contribution in [0.1, 0.15) is 49.2 Å². The van der Waals surface area contributed by atoms with Crippen LogP contribution >= 0.6 is 23.2 Å². The second-order valence-electron chi connectivity index (χ2n) is 9.13. The molecule has 0 bridgehead atoms. The highest BCUT2D eigenvalue weighted by atomic mass is 35.5. The lowest BCUT2D eigenvalue weighted by Crippen LogP contribution is -2.24. The van der Waals surface area contributed by atoms with Crippen LogP contribution < -0.4 is 4.90 Å². The van der Waals surface area contributed by atoms with Gasteiger partial charge in [0.1, 0.15) is 0 Å². The second kappa shape index (κ2) is 10.00. The van der Waals surface area contributed by atoms with Crippen molar-refractivity contribution in [2.45, 2.75) is 40.5 Å². The molecule has 1 aliphatic rings. The van der Waals surface area contributed by atoms with Crippen molar-refractivity contribution in [3.8, 4) is 5.69 Å². The molecular formula is C29H28Cl2N2O3. The van der Waals surface area contributed by atoms with Crippen molar-refractivity contribution in [2.75, 3.05) is 12.0 Å². The Labute approximate surface area is 221 Å². The van der Waals surface area contributed by atoms with E-state index in [1.807, 2.05) is 60.9 Å². The predicted molar refractivity (Wildman–Crippen MR) is 146 cm³/mol. The fraction of sp³-hybridized carbons (Fsp3) is 0.241. The van der Waals surface area contributed by atoms with Crippen molar-refractivity contribution in [3.05, 3.63) is 97.9 Å². The number of halogens is 2. The Hall–Kier alpha value is -3.28. The summed E-state index contributed by atoms with van der Waals surface area (Å²) in [5.74, 6) is -0.467. The van der Waals surface area contributed by atoms with Crippen LogP contribution in [0.4, 0.5) is 5.69 Å². The number of carbonyl (C=O) groups is 2. The van der Waals surface area contributed by atoms with Crippen LogP contribution in [0.25, 0.3) is 11.8 Å². The number of aromatic nitrogens is 1. The van der Waals surface area contributed by atoms with E-state index >= 15 is 0 Å². The Morgan fingerprint density at radius 3 is 2.31 bits per heavy atom. The van der Waals surface area contributed by atoms with E-state index in [-0.39, 0.29) is 17.1 Å². The molecular weight excluding hydrogens is 495 g/mol. The van der Waals surface area contributed by atoms with Crippen LogP contribution in [0, 0.1) is 13.8 Å². The van der Waals surface area contributed by atoms with Gasteiger partial charge < -0.3 is 9.30 Å². The van der Waals surface area contributed by atoms with Crippen molar-refractivity contribution >= 4 is 46.8 Å². The number of carbonyl (C=O) groups excluding carboxylic acids is 2. The molecule has 3 aromatic rings. The number of allylic oxidation sites excluding steroid dienone is 1. The summed E-state index contributed by atoms with van der Waals surface area (Å²) in [5.41, 5.74) is 6.24. The maximum Gasteiger partial charge on any atom is 0.340 e. The second-order valence-corrected chi connectivity index (χ2v) is 9.92. The number of benzene rings is 2. The van der Waals surface area contributed by atoms with Gasteiger partial charge in [0, 0.05) is 22.8 Å². The van der Waals surface area contributed by atoms with Crippen LogP contribution in [0.3, 0.4) is 0 Å². The number of hydrogen-bond acceptors (Lipinski definition) is 3. The molecule has 0 aliphatic carbocycles. The van der Waals surface area contributed by atoms with Crippen LogP contribution in [-0.4, -0.2) is 23.6 Å². The van der Waals surface area contributed by atoms with E-state index in [0.717, 1.165) is 22.6 Å². The smallest absolute Gasteiger partial charge is 0.340 e. The predicted octanol–water partition coefficient (Wildman–Crippen LogP) is 7.40. The molecule has 0 spiro atoms. The number of rotatable bonds is 5. The van der Waals surface area contributed by atoms with Crippen molar-refractivity contribution < 1.29 is 14.3 Å². The lowest BCUT2D eigenvalue weighted by molar-refractivity contribution is -0.136. The maximum absolute atomic E-state index is 13.7. The van der Waals surface area contributed by atoms with Gasteiger partial charge in [-0.05, 0) is 74.2 Å². The molecule has 2 heterocycles. The van der Waals surface area contributed by atoms with Gasteiger partial charge in [-0.2, -0.15) is 0 Å². The molecule has 1 aliphatic heterocycles. The highest BCUT2D eigenvalue weighted by molar-refractivity contribution is 6.43. The normalized spacial score (nSPS) is 15.0. The number of amides is 1. The van der Waals surface area contributed by atoms with Crippen LogP contribution in [0.2, 0.25) is 10.0 Å². The zero-order valence-corrected chi connectivity index (χ0v) is 22.7. The van der Waals surface area contributed by atoms with Gasteiger partial charge in [-0.15, -0.1) is 0 Å². The largest absolute Gasteiger partial charge is 0.465 e. The molecule has 4 rings (SSSR count). The van der Waals surface area contributed by atoms with E-state index in [9.17, 15) is 9.59 Å². The van der Waals surface area contributed by atoms with Crippen molar-refractivity contribution in [1.82, 2.24) is 4.57 Å². The lowest BCUT2D eigenvalue weighted by Gasteiger charge is -2.19. The number of aryl methyl sites for hydroxylation is 1. The van der Waals surface area contributed by atoms with E-state index < -0.39 is 5.97 Å². The molecule has 0 saturated carbocycles. The highest BCUT2D eigenvalue weighted by Crippen LogP contribution is 2.37. The molecule has 0 unspecified atom stereocenters. The average Bonchev–Trinajstić information content (AvgIpc) is 3.26. The molecule has 0 atom stereocenters. The highest BCUT2D eigenvalue weighted by Gasteiger charge is 2.38. The molecule has 186 valence electrons. The van der Waals surface area contributed by atoms with Crippen LogP contribution in [-0.2, 0) is 14.3 Å². The molecule has 36 heavy (non-hydrogen) atoms. The van der Waals surface area contributed by atoms with Gasteiger partial charge in [0.25, 0.3) is 5.91 Å². The molecule has 1 amide bonds. The number of esters is 1. The fourth-order valence-corrected chi connectivity index (χ4v) is 5.00. The summed E-state index contributed by atoms with van der Waals surface area (Å²) in [4.78, 5) is 28.1. The van der Waals surface area contributed by atoms with Gasteiger partial charge in [0.05, 0.1) is 34.0 Å². The fourth-order valence-electron chi connectivity index (χ4n) is 4.62. The number of methoxy groups -OCH3 is 1. The summed E-state index contributed by atoms with van der Waals surface area (Å²) in [6, 6.07) is 15.2. The zero-order valence-electron chi connectivity index (χ0n) is 21.1.